The number of carbonyl (C=O) groups is 1. The minimum Gasteiger partial charge on any atom is -0.493 e. The maximum absolute atomic E-state index is 13.3. The van der Waals surface area contributed by atoms with E-state index in [1.165, 1.54) is 29.0 Å². The molecule has 1 amide bonds. The number of fused-ring (bicyclic) bond motifs is 2. The summed E-state index contributed by atoms with van der Waals surface area (Å²) < 4.78 is 25.5. The molecule has 5 aromatic rings. The molecule has 7 nitrogen and oxygen atoms in total. The molecule has 2 heterocycles. The maximum Gasteiger partial charge on any atom is 0.275 e. The van der Waals surface area contributed by atoms with Gasteiger partial charge in [-0.2, -0.15) is 4.73 Å². The number of ether oxygens (including phenoxy) is 2. The summed E-state index contributed by atoms with van der Waals surface area (Å²) in [6, 6.07) is 20.0. The zero-order valence-corrected chi connectivity index (χ0v) is 18.4. The molecule has 1 N–H and O–H groups in total. The summed E-state index contributed by atoms with van der Waals surface area (Å²) in [7, 11) is 3.11. The van der Waals surface area contributed by atoms with Crippen LogP contribution in [0.4, 0.5) is 10.1 Å². The minimum absolute atomic E-state index is 0.274. The van der Waals surface area contributed by atoms with Gasteiger partial charge in [0.15, 0.2) is 17.2 Å². The molecule has 0 atom stereocenters. The Morgan fingerprint density at radius 3 is 2.41 bits per heavy atom. The fourth-order valence-electron chi connectivity index (χ4n) is 3.74. The van der Waals surface area contributed by atoms with Crippen molar-refractivity contribution < 1.29 is 23.5 Å². The Labute approximate surface area is 194 Å². The number of para-hydroxylation sites is 1. The number of amides is 1. The molecule has 0 aliphatic carbocycles. The fourth-order valence-corrected chi connectivity index (χ4v) is 3.74. The Morgan fingerprint density at radius 2 is 1.65 bits per heavy atom. The van der Waals surface area contributed by atoms with Gasteiger partial charge in [-0.05, 0) is 42.5 Å². The van der Waals surface area contributed by atoms with E-state index in [-0.39, 0.29) is 11.5 Å². The molecule has 0 saturated carbocycles. The molecule has 170 valence electrons. The number of halogens is 1. The first-order valence-corrected chi connectivity index (χ1v) is 10.4. The van der Waals surface area contributed by atoms with Crippen LogP contribution in [0.3, 0.4) is 0 Å². The molecule has 0 saturated heterocycles. The van der Waals surface area contributed by atoms with Gasteiger partial charge in [0.2, 0.25) is 0 Å². The van der Waals surface area contributed by atoms with Crippen LogP contribution in [-0.2, 0) is 0 Å². The van der Waals surface area contributed by atoms with E-state index in [4.69, 9.17) is 14.3 Å². The number of hydrogen-bond acceptors (Lipinski definition) is 5. The normalized spacial score (nSPS) is 10.9. The van der Waals surface area contributed by atoms with Crippen molar-refractivity contribution in [2.24, 2.45) is 0 Å². The van der Waals surface area contributed by atoms with E-state index in [1.54, 1.807) is 44.7 Å². The van der Waals surface area contributed by atoms with Gasteiger partial charge in [-0.1, -0.05) is 18.2 Å². The van der Waals surface area contributed by atoms with Gasteiger partial charge in [0, 0.05) is 34.8 Å². The maximum atomic E-state index is 13.3. The number of hydrogen-bond donors (Lipinski definition) is 1. The Kier molecular flexibility index (Phi) is 5.47. The monoisotopic (exact) mass is 457 g/mol. The summed E-state index contributed by atoms with van der Waals surface area (Å²) in [6.07, 6.45) is 1.62. The van der Waals surface area contributed by atoms with Gasteiger partial charge < -0.3 is 19.6 Å². The summed E-state index contributed by atoms with van der Waals surface area (Å²) in [5.41, 5.74) is 2.09. The average molecular weight is 457 g/mol. The van der Waals surface area contributed by atoms with Crippen LogP contribution >= 0.6 is 0 Å². The molecule has 0 spiro atoms. The lowest BCUT2D eigenvalue weighted by Gasteiger charge is -2.15. The van der Waals surface area contributed by atoms with Gasteiger partial charge in [-0.25, -0.2) is 4.39 Å². The Hall–Kier alpha value is -4.59. The smallest absolute Gasteiger partial charge is 0.275 e. The third-order valence-corrected chi connectivity index (χ3v) is 5.40. The molecule has 0 fully saturated rings. The number of nitrogens with zero attached hydrogens (tertiary/aromatic N) is 2. The highest BCUT2D eigenvalue weighted by molar-refractivity contribution is 6.06. The fraction of sp³-hybridized carbons (Fsp3) is 0.0769. The summed E-state index contributed by atoms with van der Waals surface area (Å²) in [4.78, 5) is 23.9. The number of methoxy groups -OCH3 is 2. The van der Waals surface area contributed by atoms with Crippen molar-refractivity contribution in [3.05, 3.63) is 90.5 Å². The highest BCUT2D eigenvalue weighted by Gasteiger charge is 2.19. The zero-order valence-electron chi connectivity index (χ0n) is 18.4. The van der Waals surface area contributed by atoms with Gasteiger partial charge >= 0.3 is 0 Å². The molecular weight excluding hydrogens is 437 g/mol. The minimum atomic E-state index is -0.402. The molecule has 0 unspecified atom stereocenters. The number of carbonyl (C=O) groups excluding carboxylic acids is 1. The lowest BCUT2D eigenvalue weighted by Crippen LogP contribution is -2.19. The van der Waals surface area contributed by atoms with Crippen molar-refractivity contribution >= 4 is 33.4 Å². The van der Waals surface area contributed by atoms with Gasteiger partial charge in [0.25, 0.3) is 5.91 Å². The molecular formula is C26H20FN3O4. The van der Waals surface area contributed by atoms with E-state index in [2.05, 4.69) is 10.3 Å². The second-order valence-corrected chi connectivity index (χ2v) is 7.47. The Bertz CT molecular complexity index is 1510. The first-order valence-electron chi connectivity index (χ1n) is 10.4. The van der Waals surface area contributed by atoms with Crippen LogP contribution in [0.2, 0.25) is 0 Å². The predicted molar refractivity (Wildman–Crippen MR) is 127 cm³/mol. The van der Waals surface area contributed by atoms with Crippen LogP contribution in [0.25, 0.3) is 21.8 Å². The van der Waals surface area contributed by atoms with Crippen LogP contribution in [0, 0.1) is 5.82 Å². The van der Waals surface area contributed by atoms with Crippen LogP contribution < -0.4 is 19.6 Å². The second-order valence-electron chi connectivity index (χ2n) is 7.47. The summed E-state index contributed by atoms with van der Waals surface area (Å²) >= 11 is 0. The lowest BCUT2D eigenvalue weighted by molar-refractivity contribution is 0.0990. The van der Waals surface area contributed by atoms with Crippen molar-refractivity contribution in [3.63, 3.8) is 0 Å². The number of benzene rings is 3. The van der Waals surface area contributed by atoms with Crippen LogP contribution in [-0.4, -0.2) is 29.8 Å². The van der Waals surface area contributed by atoms with Crippen molar-refractivity contribution in [2.75, 3.05) is 19.5 Å². The van der Waals surface area contributed by atoms with E-state index < -0.39 is 5.91 Å². The lowest BCUT2D eigenvalue weighted by atomic mass is 10.2. The highest BCUT2D eigenvalue weighted by Crippen LogP contribution is 2.36. The molecule has 0 aliphatic rings. The SMILES string of the molecule is COc1cc2nccc(On3c(C(=O)Nc4ccc(F)cc4)cc4ccccc43)c2cc1OC. The second kappa shape index (κ2) is 8.74. The summed E-state index contributed by atoms with van der Waals surface area (Å²) in [6.45, 7) is 0. The van der Waals surface area contributed by atoms with Crippen LogP contribution in [0.15, 0.2) is 79.0 Å². The first-order chi connectivity index (χ1) is 16.6. The molecule has 8 heteroatoms. The number of nitrogens with one attached hydrogen (secondary N) is 1. The van der Waals surface area contributed by atoms with Crippen molar-refractivity contribution in [1.82, 2.24) is 9.71 Å². The van der Waals surface area contributed by atoms with E-state index in [0.717, 1.165) is 5.39 Å². The molecule has 5 rings (SSSR count). The topological polar surface area (TPSA) is 74.6 Å². The van der Waals surface area contributed by atoms with Gasteiger partial charge in [0.05, 0.1) is 25.3 Å². The van der Waals surface area contributed by atoms with Gasteiger partial charge in [0.1, 0.15) is 11.5 Å². The molecule has 0 radical (unpaired) electrons. The zero-order chi connectivity index (χ0) is 23.7. The summed E-state index contributed by atoms with van der Waals surface area (Å²) in [5.74, 6) is 0.764. The number of pyridine rings is 1. The predicted octanol–water partition coefficient (Wildman–Crippen LogP) is 5.44. The summed E-state index contributed by atoms with van der Waals surface area (Å²) in [5, 5.41) is 4.29. The molecule has 0 aliphatic heterocycles. The third kappa shape index (κ3) is 3.86. The largest absolute Gasteiger partial charge is 0.493 e. The van der Waals surface area contributed by atoms with Gasteiger partial charge in [-0.3, -0.25) is 9.78 Å². The number of anilines is 1. The Morgan fingerprint density at radius 1 is 0.912 bits per heavy atom. The Balaban J connectivity index is 1.59. The van der Waals surface area contributed by atoms with Crippen molar-refractivity contribution in [3.8, 4) is 17.2 Å². The number of aromatic nitrogens is 2. The standard InChI is InChI=1S/C26H20FN3O4/c1-32-24-14-19-20(15-25(24)33-2)28-12-11-23(19)34-30-21-6-4-3-5-16(21)13-22(30)26(31)29-18-9-7-17(27)8-10-18/h3-15H,1-2H3,(H,29,31). The molecule has 0 bridgehead atoms. The third-order valence-electron chi connectivity index (χ3n) is 5.40. The molecule has 3 aromatic carbocycles. The average Bonchev–Trinajstić information content (AvgIpc) is 3.23. The van der Waals surface area contributed by atoms with Gasteiger partial charge in [-0.15, -0.1) is 0 Å². The van der Waals surface area contributed by atoms with Crippen LogP contribution in [0.1, 0.15) is 10.5 Å². The number of rotatable bonds is 6. The van der Waals surface area contributed by atoms with E-state index in [9.17, 15) is 9.18 Å². The van der Waals surface area contributed by atoms with Crippen molar-refractivity contribution in [2.45, 2.75) is 0 Å². The quantitative estimate of drug-likeness (QED) is 0.368. The van der Waals surface area contributed by atoms with E-state index in [0.29, 0.717) is 39.4 Å². The van der Waals surface area contributed by atoms with E-state index >= 15 is 0 Å². The molecule has 34 heavy (non-hydrogen) atoms. The first kappa shape index (κ1) is 21.3. The highest BCUT2D eigenvalue weighted by atomic mass is 19.1. The molecule has 2 aromatic heterocycles. The van der Waals surface area contributed by atoms with Crippen LogP contribution in [0.5, 0.6) is 17.2 Å². The van der Waals surface area contributed by atoms with E-state index in [1.807, 2.05) is 24.3 Å². The van der Waals surface area contributed by atoms with Crippen molar-refractivity contribution in [1.29, 1.82) is 0 Å².